The lowest BCUT2D eigenvalue weighted by Gasteiger charge is -2.37. The average Bonchev–Trinajstić information content (AvgIpc) is 2.81. The van der Waals surface area contributed by atoms with Crippen molar-refractivity contribution in [1.82, 2.24) is 10.2 Å². The highest BCUT2D eigenvalue weighted by Gasteiger charge is 2.42. The van der Waals surface area contributed by atoms with Crippen LogP contribution in [0.5, 0.6) is 0 Å². The van der Waals surface area contributed by atoms with Crippen LogP contribution < -0.4 is 5.32 Å². The minimum absolute atomic E-state index is 0.0798. The monoisotopic (exact) mass is 312 g/mol. The summed E-state index contributed by atoms with van der Waals surface area (Å²) < 4.78 is 0. The first-order valence-electron chi connectivity index (χ1n) is 8.82. The van der Waals surface area contributed by atoms with Crippen LogP contribution in [0.4, 0.5) is 0 Å². The van der Waals surface area contributed by atoms with E-state index in [1.807, 2.05) is 11.8 Å². The molecule has 1 saturated heterocycles. The summed E-state index contributed by atoms with van der Waals surface area (Å²) in [5, 5.41) is 4.37. The molecule has 1 saturated carbocycles. The number of hydrogen-bond acceptors (Lipinski definition) is 3. The van der Waals surface area contributed by atoms with E-state index in [0.717, 1.165) is 30.9 Å². The van der Waals surface area contributed by atoms with Gasteiger partial charge in [-0.3, -0.25) is 10.1 Å². The van der Waals surface area contributed by atoms with E-state index in [2.05, 4.69) is 30.3 Å². The molecule has 1 amide bonds. The summed E-state index contributed by atoms with van der Waals surface area (Å²) in [5.74, 6) is 0.383. The third-order valence-electron chi connectivity index (χ3n) is 5.02. The standard InChI is InChI=1S/C17H32N2OS/c1-4-6-11-15-17(20)19(16(18-15)8-5-2)13-9-7-10-14(12-13)21-3/h13-16,18H,4-12H2,1-3H3. The molecule has 2 fully saturated rings. The number of nitrogens with one attached hydrogen (secondary N) is 1. The summed E-state index contributed by atoms with van der Waals surface area (Å²) in [6.45, 7) is 4.42. The molecule has 0 aromatic rings. The molecule has 1 N–H and O–H groups in total. The number of carbonyl (C=O) groups is 1. The smallest absolute Gasteiger partial charge is 0.241 e. The number of unbranched alkanes of at least 4 members (excludes halogenated alkanes) is 1. The molecule has 2 aliphatic rings. The van der Waals surface area contributed by atoms with Crippen LogP contribution in [-0.4, -0.2) is 40.6 Å². The highest BCUT2D eigenvalue weighted by Crippen LogP contribution is 2.33. The van der Waals surface area contributed by atoms with Gasteiger partial charge in [0.25, 0.3) is 0 Å². The fourth-order valence-corrected chi connectivity index (χ4v) is 4.67. The summed E-state index contributed by atoms with van der Waals surface area (Å²) in [6, 6.07) is 0.551. The molecule has 0 spiro atoms. The second-order valence-electron chi connectivity index (χ2n) is 6.59. The number of hydrogen-bond donors (Lipinski definition) is 1. The lowest BCUT2D eigenvalue weighted by Crippen LogP contribution is -2.47. The molecule has 3 nitrogen and oxygen atoms in total. The SMILES string of the molecule is CCCCC1NC(CCC)N(C2CCCC(SC)C2)C1=O. The summed E-state index contributed by atoms with van der Waals surface area (Å²) in [5.41, 5.74) is 0. The van der Waals surface area contributed by atoms with Crippen LogP contribution in [0.25, 0.3) is 0 Å². The molecule has 4 heteroatoms. The van der Waals surface area contributed by atoms with Gasteiger partial charge in [0.05, 0.1) is 12.2 Å². The van der Waals surface area contributed by atoms with Gasteiger partial charge in [-0.1, -0.05) is 39.5 Å². The highest BCUT2D eigenvalue weighted by molar-refractivity contribution is 7.99. The first-order chi connectivity index (χ1) is 10.2. The van der Waals surface area contributed by atoms with Crippen molar-refractivity contribution in [3.8, 4) is 0 Å². The lowest BCUT2D eigenvalue weighted by molar-refractivity contribution is -0.133. The van der Waals surface area contributed by atoms with E-state index in [1.54, 1.807) is 0 Å². The molecule has 21 heavy (non-hydrogen) atoms. The fourth-order valence-electron chi connectivity index (χ4n) is 3.85. The van der Waals surface area contributed by atoms with E-state index >= 15 is 0 Å². The van der Waals surface area contributed by atoms with Crippen LogP contribution >= 0.6 is 11.8 Å². The van der Waals surface area contributed by atoms with Crippen molar-refractivity contribution in [2.24, 2.45) is 0 Å². The fraction of sp³-hybridized carbons (Fsp3) is 0.941. The maximum Gasteiger partial charge on any atom is 0.241 e. The van der Waals surface area contributed by atoms with E-state index in [-0.39, 0.29) is 12.2 Å². The van der Waals surface area contributed by atoms with Gasteiger partial charge in [-0.15, -0.1) is 0 Å². The van der Waals surface area contributed by atoms with Crippen LogP contribution in [-0.2, 0) is 4.79 Å². The van der Waals surface area contributed by atoms with E-state index in [0.29, 0.717) is 11.9 Å². The number of carbonyl (C=O) groups excluding carboxylic acids is 1. The Balaban J connectivity index is 2.04. The first kappa shape index (κ1) is 17.1. The van der Waals surface area contributed by atoms with E-state index < -0.39 is 0 Å². The van der Waals surface area contributed by atoms with Crippen molar-refractivity contribution in [2.45, 2.75) is 95.1 Å². The zero-order valence-corrected chi connectivity index (χ0v) is 14.8. The summed E-state index contributed by atoms with van der Waals surface area (Å²) in [4.78, 5) is 15.1. The van der Waals surface area contributed by atoms with Gasteiger partial charge < -0.3 is 4.90 Å². The highest BCUT2D eigenvalue weighted by atomic mass is 32.2. The molecule has 1 aliphatic carbocycles. The third kappa shape index (κ3) is 4.16. The predicted molar refractivity (Wildman–Crippen MR) is 91.5 cm³/mol. The zero-order chi connectivity index (χ0) is 15.2. The molecule has 4 unspecified atom stereocenters. The van der Waals surface area contributed by atoms with Crippen molar-refractivity contribution < 1.29 is 4.79 Å². The van der Waals surface area contributed by atoms with E-state index in [4.69, 9.17) is 0 Å². The van der Waals surface area contributed by atoms with Crippen molar-refractivity contribution in [2.75, 3.05) is 6.26 Å². The second kappa shape index (κ2) is 8.42. The number of amides is 1. The molecular weight excluding hydrogens is 280 g/mol. The summed E-state index contributed by atoms with van der Waals surface area (Å²) >= 11 is 1.98. The van der Waals surface area contributed by atoms with Crippen molar-refractivity contribution in [3.63, 3.8) is 0 Å². The summed E-state index contributed by atoms with van der Waals surface area (Å²) in [6.07, 6.45) is 13.0. The number of thioether (sulfide) groups is 1. The minimum Gasteiger partial charge on any atom is -0.323 e. The molecule has 0 aromatic carbocycles. The Hall–Kier alpha value is -0.220. The normalized spacial score (nSPS) is 33.7. The Kier molecular flexibility index (Phi) is 6.87. The van der Waals surface area contributed by atoms with Gasteiger partial charge in [-0.05, 0) is 38.4 Å². The largest absolute Gasteiger partial charge is 0.323 e. The molecule has 4 atom stereocenters. The Morgan fingerprint density at radius 3 is 2.71 bits per heavy atom. The van der Waals surface area contributed by atoms with Gasteiger partial charge in [-0.2, -0.15) is 11.8 Å². The Morgan fingerprint density at radius 2 is 2.05 bits per heavy atom. The second-order valence-corrected chi connectivity index (χ2v) is 7.73. The van der Waals surface area contributed by atoms with Gasteiger partial charge in [0.1, 0.15) is 0 Å². The Labute approximate surface area is 134 Å². The van der Waals surface area contributed by atoms with Crippen LogP contribution in [0.15, 0.2) is 0 Å². The predicted octanol–water partition coefficient (Wildman–Crippen LogP) is 3.78. The third-order valence-corrected chi connectivity index (χ3v) is 6.11. The average molecular weight is 313 g/mol. The van der Waals surface area contributed by atoms with Crippen LogP contribution in [0.2, 0.25) is 0 Å². The molecule has 0 bridgehead atoms. The van der Waals surface area contributed by atoms with Gasteiger partial charge in [-0.25, -0.2) is 0 Å². The molecular formula is C17H32N2OS. The lowest BCUT2D eigenvalue weighted by atomic mass is 9.93. The van der Waals surface area contributed by atoms with Gasteiger partial charge in [0.2, 0.25) is 5.91 Å². The molecule has 1 heterocycles. The quantitative estimate of drug-likeness (QED) is 0.776. The van der Waals surface area contributed by atoms with Crippen LogP contribution in [0.3, 0.4) is 0 Å². The minimum atomic E-state index is 0.0798. The van der Waals surface area contributed by atoms with Gasteiger partial charge in [0, 0.05) is 11.3 Å². The maximum absolute atomic E-state index is 12.8. The number of nitrogens with zero attached hydrogens (tertiary/aromatic N) is 1. The van der Waals surface area contributed by atoms with Crippen molar-refractivity contribution in [3.05, 3.63) is 0 Å². The van der Waals surface area contributed by atoms with Crippen molar-refractivity contribution >= 4 is 17.7 Å². The Morgan fingerprint density at radius 1 is 1.24 bits per heavy atom. The zero-order valence-electron chi connectivity index (χ0n) is 13.9. The maximum atomic E-state index is 12.8. The van der Waals surface area contributed by atoms with Crippen LogP contribution in [0.1, 0.15) is 71.6 Å². The molecule has 1 aliphatic heterocycles. The van der Waals surface area contributed by atoms with E-state index in [1.165, 1.54) is 32.1 Å². The molecule has 122 valence electrons. The van der Waals surface area contributed by atoms with Crippen molar-refractivity contribution in [1.29, 1.82) is 0 Å². The van der Waals surface area contributed by atoms with Gasteiger partial charge in [0.15, 0.2) is 0 Å². The molecule has 0 aromatic heterocycles. The first-order valence-corrected chi connectivity index (χ1v) is 10.1. The van der Waals surface area contributed by atoms with Gasteiger partial charge >= 0.3 is 0 Å². The molecule has 2 rings (SSSR count). The van der Waals surface area contributed by atoms with Crippen LogP contribution in [0, 0.1) is 0 Å². The van der Waals surface area contributed by atoms with E-state index in [9.17, 15) is 4.79 Å². The Bertz CT molecular complexity index is 337. The summed E-state index contributed by atoms with van der Waals surface area (Å²) in [7, 11) is 0. The molecule has 0 radical (unpaired) electrons. The topological polar surface area (TPSA) is 32.3 Å². The number of rotatable bonds is 7.